The van der Waals surface area contributed by atoms with Crippen molar-refractivity contribution in [2.75, 3.05) is 13.1 Å². The van der Waals surface area contributed by atoms with Gasteiger partial charge in [0.2, 0.25) is 0 Å². The van der Waals surface area contributed by atoms with Crippen molar-refractivity contribution >= 4 is 0 Å². The second-order valence-electron chi connectivity index (χ2n) is 2.97. The smallest absolute Gasteiger partial charge is 0.0804 e. The quantitative estimate of drug-likeness (QED) is 0.453. The number of hydrogen-bond donors (Lipinski definition) is 2. The van der Waals surface area contributed by atoms with Crippen molar-refractivity contribution < 1.29 is 5.11 Å². The summed E-state index contributed by atoms with van der Waals surface area (Å²) >= 11 is 0. The van der Waals surface area contributed by atoms with E-state index in [2.05, 4.69) is 5.32 Å². The highest BCUT2D eigenvalue weighted by molar-refractivity contribution is 5.07. The van der Waals surface area contributed by atoms with Crippen LogP contribution in [0.4, 0.5) is 0 Å². The number of fused-ring (bicyclic) bond motifs is 1. The van der Waals surface area contributed by atoms with E-state index in [1.54, 1.807) is 0 Å². The van der Waals surface area contributed by atoms with Gasteiger partial charge in [-0.25, -0.2) is 0 Å². The molecule has 0 radical (unpaired) electrons. The highest BCUT2D eigenvalue weighted by Crippen LogP contribution is 2.46. The predicted molar refractivity (Wildman–Crippen MR) is 30.5 cm³/mol. The molecule has 2 N–H and O–H groups in total. The van der Waals surface area contributed by atoms with Gasteiger partial charge in [-0.2, -0.15) is 0 Å². The Kier molecular flexibility index (Phi) is 0.746. The molecule has 8 heavy (non-hydrogen) atoms. The van der Waals surface area contributed by atoms with Crippen molar-refractivity contribution in [3.63, 3.8) is 0 Å². The number of aliphatic hydroxyl groups is 1. The van der Waals surface area contributed by atoms with Crippen LogP contribution in [0.2, 0.25) is 0 Å². The standard InChI is InChI=1S/C6H11NO/c8-6-3-5(6)1-2-7-4-6/h5,7-8H,1-4H2. The number of piperidine rings is 1. The van der Waals surface area contributed by atoms with Crippen LogP contribution in [0.5, 0.6) is 0 Å². The van der Waals surface area contributed by atoms with E-state index in [4.69, 9.17) is 0 Å². The molecule has 2 heteroatoms. The summed E-state index contributed by atoms with van der Waals surface area (Å²) < 4.78 is 0. The maximum atomic E-state index is 9.39. The lowest BCUT2D eigenvalue weighted by atomic mass is 10.1. The Balaban J connectivity index is 2.04. The van der Waals surface area contributed by atoms with Gasteiger partial charge in [0.25, 0.3) is 0 Å². The lowest BCUT2D eigenvalue weighted by Crippen LogP contribution is -2.35. The van der Waals surface area contributed by atoms with Crippen molar-refractivity contribution in [3.05, 3.63) is 0 Å². The van der Waals surface area contributed by atoms with Gasteiger partial charge < -0.3 is 10.4 Å². The van der Waals surface area contributed by atoms with E-state index in [0.29, 0.717) is 5.92 Å². The van der Waals surface area contributed by atoms with E-state index in [0.717, 1.165) is 19.5 Å². The maximum Gasteiger partial charge on any atom is 0.0804 e. The molecule has 0 bridgehead atoms. The summed E-state index contributed by atoms with van der Waals surface area (Å²) in [5.74, 6) is 0.642. The molecule has 1 saturated carbocycles. The normalized spacial score (nSPS) is 52.9. The molecule has 2 rings (SSSR count). The first-order valence-corrected chi connectivity index (χ1v) is 3.24. The molecule has 1 heterocycles. The first-order valence-electron chi connectivity index (χ1n) is 3.24. The summed E-state index contributed by atoms with van der Waals surface area (Å²) in [6, 6.07) is 0. The van der Waals surface area contributed by atoms with Gasteiger partial charge in [-0.15, -0.1) is 0 Å². The minimum absolute atomic E-state index is 0.266. The van der Waals surface area contributed by atoms with Crippen LogP contribution >= 0.6 is 0 Å². The highest BCUT2D eigenvalue weighted by atomic mass is 16.3. The molecule has 2 fully saturated rings. The van der Waals surface area contributed by atoms with Crippen molar-refractivity contribution in [1.82, 2.24) is 5.32 Å². The summed E-state index contributed by atoms with van der Waals surface area (Å²) in [4.78, 5) is 0. The monoisotopic (exact) mass is 113 g/mol. The van der Waals surface area contributed by atoms with Gasteiger partial charge in [-0.3, -0.25) is 0 Å². The molecule has 0 spiro atoms. The van der Waals surface area contributed by atoms with E-state index in [-0.39, 0.29) is 5.60 Å². The van der Waals surface area contributed by atoms with E-state index < -0.39 is 0 Å². The molecule has 2 nitrogen and oxygen atoms in total. The Bertz CT molecular complexity index is 113. The Labute approximate surface area is 48.9 Å². The lowest BCUT2D eigenvalue weighted by molar-refractivity contribution is 0.114. The Hall–Kier alpha value is -0.0800. The lowest BCUT2D eigenvalue weighted by Gasteiger charge is -2.16. The average molecular weight is 113 g/mol. The third-order valence-electron chi connectivity index (χ3n) is 2.30. The third-order valence-corrected chi connectivity index (χ3v) is 2.30. The number of nitrogens with one attached hydrogen (secondary N) is 1. The molecule has 2 atom stereocenters. The topological polar surface area (TPSA) is 32.3 Å². The van der Waals surface area contributed by atoms with Crippen molar-refractivity contribution in [2.24, 2.45) is 5.92 Å². The largest absolute Gasteiger partial charge is 0.388 e. The first-order chi connectivity index (χ1) is 3.81. The van der Waals surface area contributed by atoms with Crippen molar-refractivity contribution in [2.45, 2.75) is 18.4 Å². The fraction of sp³-hybridized carbons (Fsp3) is 1.00. The molecule has 1 aliphatic carbocycles. The zero-order chi connectivity index (χ0) is 5.61. The molecule has 0 aromatic rings. The maximum absolute atomic E-state index is 9.39. The second kappa shape index (κ2) is 1.25. The van der Waals surface area contributed by atoms with Gasteiger partial charge >= 0.3 is 0 Å². The van der Waals surface area contributed by atoms with Gasteiger partial charge in [0.05, 0.1) is 5.60 Å². The summed E-state index contributed by atoms with van der Waals surface area (Å²) in [5.41, 5.74) is -0.266. The molecule has 2 unspecified atom stereocenters. The predicted octanol–water partition coefficient (Wildman–Crippen LogP) is -0.269. The molecule has 0 aromatic heterocycles. The minimum Gasteiger partial charge on any atom is -0.388 e. The second-order valence-corrected chi connectivity index (χ2v) is 2.97. The molecule has 0 aromatic carbocycles. The molecule has 1 saturated heterocycles. The molecule has 46 valence electrons. The van der Waals surface area contributed by atoms with Gasteiger partial charge in [0.1, 0.15) is 0 Å². The molecule has 1 aliphatic heterocycles. The average Bonchev–Trinajstić information content (AvgIpc) is 2.39. The van der Waals surface area contributed by atoms with Gasteiger partial charge in [-0.1, -0.05) is 0 Å². The third kappa shape index (κ3) is 0.501. The van der Waals surface area contributed by atoms with Crippen LogP contribution in [0.1, 0.15) is 12.8 Å². The van der Waals surface area contributed by atoms with Crippen LogP contribution < -0.4 is 5.32 Å². The van der Waals surface area contributed by atoms with Crippen LogP contribution in [0.3, 0.4) is 0 Å². The molecular weight excluding hydrogens is 102 g/mol. The SMILES string of the molecule is OC12CNCCC1C2. The van der Waals surface area contributed by atoms with E-state index in [1.165, 1.54) is 6.42 Å². The van der Waals surface area contributed by atoms with Crippen LogP contribution in [-0.2, 0) is 0 Å². The van der Waals surface area contributed by atoms with E-state index in [9.17, 15) is 5.11 Å². The summed E-state index contributed by atoms with van der Waals surface area (Å²) in [7, 11) is 0. The van der Waals surface area contributed by atoms with Gasteiger partial charge in [0.15, 0.2) is 0 Å². The molecule has 0 amide bonds. The van der Waals surface area contributed by atoms with Crippen molar-refractivity contribution in [3.8, 4) is 0 Å². The van der Waals surface area contributed by atoms with Gasteiger partial charge in [0, 0.05) is 6.54 Å². The first kappa shape index (κ1) is 4.77. The van der Waals surface area contributed by atoms with Crippen LogP contribution in [0.25, 0.3) is 0 Å². The van der Waals surface area contributed by atoms with E-state index in [1.807, 2.05) is 0 Å². The number of rotatable bonds is 0. The van der Waals surface area contributed by atoms with Crippen molar-refractivity contribution in [1.29, 1.82) is 0 Å². The summed E-state index contributed by atoms with van der Waals surface area (Å²) in [5, 5.41) is 12.6. The Morgan fingerprint density at radius 2 is 2.50 bits per heavy atom. The van der Waals surface area contributed by atoms with Crippen LogP contribution in [0, 0.1) is 5.92 Å². The van der Waals surface area contributed by atoms with Gasteiger partial charge in [-0.05, 0) is 25.3 Å². The van der Waals surface area contributed by atoms with E-state index >= 15 is 0 Å². The highest BCUT2D eigenvalue weighted by Gasteiger charge is 2.53. The number of hydrogen-bond acceptors (Lipinski definition) is 2. The minimum atomic E-state index is -0.266. The molecular formula is C6H11NO. The van der Waals surface area contributed by atoms with Crippen LogP contribution in [0.15, 0.2) is 0 Å². The fourth-order valence-electron chi connectivity index (χ4n) is 1.54. The molecule has 2 aliphatic rings. The zero-order valence-corrected chi connectivity index (χ0v) is 4.85. The van der Waals surface area contributed by atoms with Crippen LogP contribution in [-0.4, -0.2) is 23.8 Å². The summed E-state index contributed by atoms with van der Waals surface area (Å²) in [6.07, 6.45) is 2.22. The number of β-amino-alcohol motifs (C(OH)–C–C–N with tert-alkyl or cyclic N) is 1. The Morgan fingerprint density at radius 3 is 3.00 bits per heavy atom. The Morgan fingerprint density at radius 1 is 1.62 bits per heavy atom. The summed E-state index contributed by atoms with van der Waals surface area (Å²) in [6.45, 7) is 1.94. The zero-order valence-electron chi connectivity index (χ0n) is 4.85. The fourth-order valence-corrected chi connectivity index (χ4v) is 1.54.